The van der Waals surface area contributed by atoms with Crippen LogP contribution in [0.25, 0.3) is 11.0 Å². The van der Waals surface area contributed by atoms with Crippen molar-refractivity contribution in [3.05, 3.63) is 37.1 Å². The molecule has 0 spiro atoms. The first-order valence-corrected chi connectivity index (χ1v) is 5.42. The molecule has 1 heterocycles. The molecule has 0 amide bonds. The van der Waals surface area contributed by atoms with E-state index in [1.165, 1.54) is 7.11 Å². The smallest absolute Gasteiger partial charge is 0.354 e. The highest BCUT2D eigenvalue weighted by atomic mass is 79.9. The van der Waals surface area contributed by atoms with Gasteiger partial charge >= 0.3 is 5.63 Å². The number of ether oxygens (including phenoxy) is 1. The Morgan fingerprint density at radius 1 is 1.50 bits per heavy atom. The lowest BCUT2D eigenvalue weighted by Gasteiger charge is -2.07. The van der Waals surface area contributed by atoms with Crippen LogP contribution < -0.4 is 10.4 Å². The van der Waals surface area contributed by atoms with E-state index in [1.807, 2.05) is 0 Å². The number of phenols is 1. The molecule has 18 heavy (non-hydrogen) atoms. The Hall–Kier alpha value is -2.09. The zero-order chi connectivity index (χ0) is 13.4. The lowest BCUT2D eigenvalue weighted by Crippen LogP contribution is -2.04. The van der Waals surface area contributed by atoms with Crippen LogP contribution in [0.15, 0.2) is 25.8 Å². The van der Waals surface area contributed by atoms with Gasteiger partial charge in [-0.1, -0.05) is 0 Å². The third-order valence-electron chi connectivity index (χ3n) is 2.28. The van der Waals surface area contributed by atoms with E-state index in [9.17, 15) is 20.0 Å². The highest BCUT2D eigenvalue weighted by molar-refractivity contribution is 9.10. The summed E-state index contributed by atoms with van der Waals surface area (Å²) >= 11 is 2.95. The molecule has 0 atom stereocenters. The second-order valence-electron chi connectivity index (χ2n) is 3.33. The molecule has 0 aliphatic rings. The number of benzene rings is 1. The fourth-order valence-corrected chi connectivity index (χ4v) is 2.02. The third kappa shape index (κ3) is 1.80. The van der Waals surface area contributed by atoms with Crippen molar-refractivity contribution in [3.63, 3.8) is 0 Å². The van der Waals surface area contributed by atoms with E-state index in [2.05, 4.69) is 15.9 Å². The number of nitrogens with zero attached hydrogens (tertiary/aromatic N) is 1. The summed E-state index contributed by atoms with van der Waals surface area (Å²) in [5, 5.41) is 20.3. The van der Waals surface area contributed by atoms with E-state index in [0.717, 1.165) is 12.1 Å². The van der Waals surface area contributed by atoms with Crippen molar-refractivity contribution < 1.29 is 19.2 Å². The highest BCUT2D eigenvalue weighted by Gasteiger charge is 2.23. The number of methoxy groups -OCH3 is 1. The summed E-state index contributed by atoms with van der Waals surface area (Å²) in [5.74, 6) is -0.380. The molecule has 2 aromatic rings. The first-order valence-electron chi connectivity index (χ1n) is 4.63. The quantitative estimate of drug-likeness (QED) is 0.517. The van der Waals surface area contributed by atoms with Gasteiger partial charge in [-0.3, -0.25) is 10.1 Å². The van der Waals surface area contributed by atoms with Crippen LogP contribution in [0.1, 0.15) is 0 Å². The number of fused-ring (bicyclic) bond motifs is 1. The van der Waals surface area contributed by atoms with Crippen LogP contribution in [0.4, 0.5) is 5.69 Å². The average molecular weight is 316 g/mol. The van der Waals surface area contributed by atoms with Gasteiger partial charge in [0.1, 0.15) is 15.6 Å². The molecular weight excluding hydrogens is 310 g/mol. The molecule has 0 aliphatic carbocycles. The van der Waals surface area contributed by atoms with E-state index in [1.54, 1.807) is 0 Å². The number of halogens is 1. The molecule has 1 aromatic heterocycles. The lowest BCUT2D eigenvalue weighted by molar-refractivity contribution is -0.383. The van der Waals surface area contributed by atoms with Crippen LogP contribution in [-0.2, 0) is 0 Å². The fourth-order valence-electron chi connectivity index (χ4n) is 1.58. The van der Waals surface area contributed by atoms with E-state index >= 15 is 0 Å². The second kappa shape index (κ2) is 4.30. The van der Waals surface area contributed by atoms with E-state index in [4.69, 9.17) is 9.15 Å². The number of phenolic OH excluding ortho intramolecular Hbond substituents is 1. The Bertz CT molecular complexity index is 708. The second-order valence-corrected chi connectivity index (χ2v) is 4.12. The van der Waals surface area contributed by atoms with Gasteiger partial charge in [-0.15, -0.1) is 0 Å². The number of nitro groups is 1. The van der Waals surface area contributed by atoms with Crippen molar-refractivity contribution >= 4 is 32.6 Å². The first kappa shape index (κ1) is 12.4. The maximum atomic E-state index is 11.5. The SMILES string of the molecule is COc1c(Br)c(=O)oc2cc(O)cc([N+](=O)[O-])c12. The van der Waals surface area contributed by atoms with Gasteiger partial charge in [0, 0.05) is 6.07 Å². The molecule has 0 aliphatic heterocycles. The van der Waals surface area contributed by atoms with Gasteiger partial charge in [-0.2, -0.15) is 0 Å². The molecule has 0 saturated heterocycles. The molecule has 1 N–H and O–H groups in total. The summed E-state index contributed by atoms with van der Waals surface area (Å²) in [5.41, 5.74) is -1.28. The number of hydrogen-bond donors (Lipinski definition) is 1. The van der Waals surface area contributed by atoms with Crippen LogP contribution in [0, 0.1) is 10.1 Å². The third-order valence-corrected chi connectivity index (χ3v) is 2.96. The molecule has 0 bridgehead atoms. The van der Waals surface area contributed by atoms with Gasteiger partial charge in [-0.05, 0) is 15.9 Å². The minimum Gasteiger partial charge on any atom is -0.508 e. The minimum absolute atomic E-state index is 0.00627. The zero-order valence-electron chi connectivity index (χ0n) is 8.97. The predicted octanol–water partition coefficient (Wildman–Crippen LogP) is 2.18. The molecule has 94 valence electrons. The van der Waals surface area contributed by atoms with E-state index in [0.29, 0.717) is 0 Å². The Morgan fingerprint density at radius 2 is 2.17 bits per heavy atom. The summed E-state index contributed by atoms with van der Waals surface area (Å²) in [7, 11) is 1.27. The van der Waals surface area contributed by atoms with Gasteiger partial charge < -0.3 is 14.3 Å². The van der Waals surface area contributed by atoms with Crippen LogP contribution in [0.5, 0.6) is 11.5 Å². The maximum absolute atomic E-state index is 11.5. The summed E-state index contributed by atoms with van der Waals surface area (Å²) in [6.07, 6.45) is 0. The van der Waals surface area contributed by atoms with Crippen LogP contribution >= 0.6 is 15.9 Å². The summed E-state index contributed by atoms with van der Waals surface area (Å²) in [4.78, 5) is 21.7. The maximum Gasteiger partial charge on any atom is 0.354 e. The summed E-state index contributed by atoms with van der Waals surface area (Å²) in [6.45, 7) is 0. The number of non-ortho nitro benzene ring substituents is 1. The molecule has 7 nitrogen and oxygen atoms in total. The van der Waals surface area contributed by atoms with Gasteiger partial charge in [0.2, 0.25) is 0 Å². The van der Waals surface area contributed by atoms with Crippen molar-refractivity contribution in [2.24, 2.45) is 0 Å². The normalized spacial score (nSPS) is 10.6. The number of nitro benzene ring substituents is 1. The standard InChI is InChI=1S/C10H6BrNO6/c1-17-9-7-5(12(15)16)2-4(13)3-6(7)18-10(14)8(9)11/h2-3,13H,1H3. The summed E-state index contributed by atoms with van der Waals surface area (Å²) < 4.78 is 9.79. The molecule has 0 unspecified atom stereocenters. The predicted molar refractivity (Wildman–Crippen MR) is 65.1 cm³/mol. The Labute approximate surface area is 108 Å². The molecule has 0 saturated carbocycles. The van der Waals surface area contributed by atoms with Gasteiger partial charge in [-0.25, -0.2) is 4.79 Å². The molecule has 1 aromatic carbocycles. The Balaban J connectivity index is 3.06. The number of rotatable bonds is 2. The van der Waals surface area contributed by atoms with E-state index < -0.39 is 16.2 Å². The largest absolute Gasteiger partial charge is 0.508 e. The zero-order valence-corrected chi connectivity index (χ0v) is 10.6. The van der Waals surface area contributed by atoms with Gasteiger partial charge in [0.25, 0.3) is 5.69 Å². The van der Waals surface area contributed by atoms with Crippen LogP contribution in [0.2, 0.25) is 0 Å². The van der Waals surface area contributed by atoms with Crippen molar-refractivity contribution in [2.45, 2.75) is 0 Å². The van der Waals surface area contributed by atoms with Crippen molar-refractivity contribution in [1.82, 2.24) is 0 Å². The average Bonchev–Trinajstić information content (AvgIpc) is 2.30. The van der Waals surface area contributed by atoms with Gasteiger partial charge in [0.15, 0.2) is 11.3 Å². The molecule has 0 fully saturated rings. The van der Waals surface area contributed by atoms with Crippen molar-refractivity contribution in [3.8, 4) is 11.5 Å². The highest BCUT2D eigenvalue weighted by Crippen LogP contribution is 2.39. The Kier molecular flexibility index (Phi) is 2.95. The summed E-state index contributed by atoms with van der Waals surface area (Å²) in [6, 6.07) is 2.07. The van der Waals surface area contributed by atoms with Crippen molar-refractivity contribution in [1.29, 1.82) is 0 Å². The fraction of sp³-hybridized carbons (Fsp3) is 0.100. The number of hydrogen-bond acceptors (Lipinski definition) is 6. The minimum atomic E-state index is -0.751. The van der Waals surface area contributed by atoms with Crippen LogP contribution in [-0.4, -0.2) is 17.1 Å². The molecule has 0 radical (unpaired) electrons. The first-order chi connectivity index (χ1) is 8.45. The van der Waals surface area contributed by atoms with E-state index in [-0.39, 0.29) is 26.9 Å². The lowest BCUT2D eigenvalue weighted by atomic mass is 10.1. The van der Waals surface area contributed by atoms with Crippen LogP contribution in [0.3, 0.4) is 0 Å². The van der Waals surface area contributed by atoms with Crippen molar-refractivity contribution in [2.75, 3.05) is 7.11 Å². The molecule has 8 heteroatoms. The molecule has 2 rings (SSSR count). The molecular formula is C10H6BrNO6. The topological polar surface area (TPSA) is 103 Å². The monoisotopic (exact) mass is 315 g/mol. The van der Waals surface area contributed by atoms with Gasteiger partial charge in [0.05, 0.1) is 18.1 Å². The Morgan fingerprint density at radius 3 is 2.72 bits per heavy atom. The number of aromatic hydroxyl groups is 1.